The number of esters is 1. The minimum absolute atomic E-state index is 0.0192. The highest BCUT2D eigenvalue weighted by molar-refractivity contribution is 6.19. The first-order chi connectivity index (χ1) is 47.4. The number of alkyl halides is 1. The summed E-state index contributed by atoms with van der Waals surface area (Å²) in [5, 5.41) is 34.9. The predicted molar refractivity (Wildman–Crippen MR) is 356 cm³/mol. The Labute approximate surface area is 574 Å². The molecule has 33 nitrogen and oxygen atoms in total. The number of fused-ring (bicyclic) bond motifs is 4. The number of benzene rings is 3. The molecule has 0 unspecified atom stereocenters. The number of carbonyl (C=O) groups excluding carboxylic acids is 11. The summed E-state index contributed by atoms with van der Waals surface area (Å²) in [4.78, 5) is 152. The lowest BCUT2D eigenvalue weighted by Crippen LogP contribution is -2.54. The van der Waals surface area contributed by atoms with Crippen molar-refractivity contribution in [2.75, 3.05) is 137 Å². The molecule has 2 aromatic heterocycles. The Morgan fingerprint density at radius 3 is 2.00 bits per heavy atom. The van der Waals surface area contributed by atoms with Crippen molar-refractivity contribution < 1.29 is 101 Å². The van der Waals surface area contributed by atoms with E-state index in [-0.39, 0.29) is 182 Å². The molecule has 7 rings (SSSR count). The van der Waals surface area contributed by atoms with Gasteiger partial charge in [0.1, 0.15) is 30.1 Å². The number of likely N-dealkylation sites (tertiary alicyclic amines) is 1. The number of anilines is 2. The molecule has 3 atom stereocenters. The van der Waals surface area contributed by atoms with E-state index >= 15 is 0 Å². The number of phenolic OH excluding ortho intramolecular Hbond substituents is 2. The van der Waals surface area contributed by atoms with Crippen molar-refractivity contribution in [3.8, 4) is 23.0 Å². The molecule has 2 aliphatic rings. The quantitative estimate of drug-likeness (QED) is 0.00886. The van der Waals surface area contributed by atoms with E-state index in [0.717, 1.165) is 4.90 Å². The summed E-state index contributed by atoms with van der Waals surface area (Å²) in [6.45, 7) is 5.58. The van der Waals surface area contributed by atoms with Crippen LogP contribution in [0.15, 0.2) is 48.5 Å². The van der Waals surface area contributed by atoms with Crippen LogP contribution in [0.2, 0.25) is 0 Å². The molecule has 0 radical (unpaired) electrons. The Morgan fingerprint density at radius 1 is 0.737 bits per heavy atom. The molecule has 3 aromatic carbocycles. The third-order valence-corrected chi connectivity index (χ3v) is 16.4. The van der Waals surface area contributed by atoms with Gasteiger partial charge in [-0.15, -0.1) is 11.6 Å². The standard InChI is InChI=1S/C65H85ClN12O21/c1-37(2)54(74-50(81)16-22-94-24-26-96-28-29-97-27-25-95-23-18-68-49(80)15-19-77-51(82)13-14-52(77)83)60(86)73-43(8-7-17-69-63(67)89)59(85)70-41-11-9-38(10-12-41)36-98-64(90)75(3)20-21-76(4)65(91)99-48-33-46-53(42-32-45(62(88)93-6)72-56(42)48)40(34-66)35-78(46)61(87)44-30-39-31-47(79)57(84)58(92-5)55(39)71-44/h9-12,30-33,37,40,43,54,71-72,79,84H,7-8,13-29,34-36H2,1-6H3,(H,68,80)(H,70,85)(H,73,86)(H,74,81)(H3,67,69,89)/t40-,43+,54+/m1/s1. The predicted octanol–water partition coefficient (Wildman–Crippen LogP) is 3.66. The van der Waals surface area contributed by atoms with Gasteiger partial charge in [-0.2, -0.15) is 0 Å². The van der Waals surface area contributed by atoms with E-state index in [1.165, 1.54) is 67.3 Å². The van der Waals surface area contributed by atoms with Crippen LogP contribution in [0.4, 0.5) is 25.8 Å². The van der Waals surface area contributed by atoms with E-state index in [4.69, 9.17) is 55.2 Å². The van der Waals surface area contributed by atoms with Crippen LogP contribution in [0.3, 0.4) is 0 Å². The van der Waals surface area contributed by atoms with Gasteiger partial charge in [0, 0.05) is 113 Å². The van der Waals surface area contributed by atoms with E-state index in [2.05, 4.69) is 36.6 Å². The number of aromatic nitrogens is 2. The summed E-state index contributed by atoms with van der Waals surface area (Å²) in [6, 6.07) is 9.18. The summed E-state index contributed by atoms with van der Waals surface area (Å²) in [7, 11) is 5.41. The Morgan fingerprint density at radius 2 is 1.37 bits per heavy atom. The molecule has 1 fully saturated rings. The fourth-order valence-electron chi connectivity index (χ4n) is 10.7. The van der Waals surface area contributed by atoms with Crippen LogP contribution in [0.1, 0.15) is 90.4 Å². The maximum atomic E-state index is 14.4. The number of amides is 11. The number of aromatic hydroxyl groups is 2. The first-order valence-electron chi connectivity index (χ1n) is 31.9. The van der Waals surface area contributed by atoms with Crippen LogP contribution in [0, 0.1) is 5.92 Å². The lowest BCUT2D eigenvalue weighted by atomic mass is 9.98. The van der Waals surface area contributed by atoms with Gasteiger partial charge in [-0.3, -0.25) is 38.5 Å². The van der Waals surface area contributed by atoms with Crippen molar-refractivity contribution >= 4 is 110 Å². The van der Waals surface area contributed by atoms with E-state index < -0.39 is 83.2 Å². The van der Waals surface area contributed by atoms with Crippen molar-refractivity contribution in [1.29, 1.82) is 0 Å². The van der Waals surface area contributed by atoms with Crippen LogP contribution in [0.5, 0.6) is 23.0 Å². The third kappa shape index (κ3) is 21.3. The van der Waals surface area contributed by atoms with E-state index in [1.807, 2.05) is 0 Å². The van der Waals surface area contributed by atoms with E-state index in [1.54, 1.807) is 38.1 Å². The molecule has 0 saturated carbocycles. The minimum Gasteiger partial charge on any atom is -0.504 e. The van der Waals surface area contributed by atoms with Gasteiger partial charge in [-0.25, -0.2) is 19.2 Å². The monoisotopic (exact) mass is 1400 g/mol. The number of ether oxygens (including phenoxy) is 8. The van der Waals surface area contributed by atoms with Gasteiger partial charge in [0.15, 0.2) is 17.2 Å². The zero-order valence-corrected chi connectivity index (χ0v) is 56.6. The molecule has 538 valence electrons. The molecular formula is C65H85ClN12O21. The highest BCUT2D eigenvalue weighted by Crippen LogP contribution is 2.47. The maximum Gasteiger partial charge on any atom is 0.415 e. The minimum atomic E-state index is -1.13. The van der Waals surface area contributed by atoms with E-state index in [0.29, 0.717) is 46.5 Å². The van der Waals surface area contributed by atoms with Gasteiger partial charge in [-0.1, -0.05) is 26.0 Å². The Balaban J connectivity index is 0.825. The Kier molecular flexibility index (Phi) is 28.7. The average Bonchev–Trinajstić information content (AvgIpc) is 1.59. The molecule has 0 aliphatic carbocycles. The number of nitrogens with zero attached hydrogens (tertiary/aromatic N) is 4. The number of halogens is 1. The fourth-order valence-corrected chi connectivity index (χ4v) is 10.9. The molecule has 1 saturated heterocycles. The number of phenols is 2. The first-order valence-corrected chi connectivity index (χ1v) is 32.5. The van der Waals surface area contributed by atoms with Crippen LogP contribution >= 0.6 is 11.6 Å². The number of methoxy groups -OCH3 is 2. The van der Waals surface area contributed by atoms with Gasteiger partial charge in [0.05, 0.1) is 83.8 Å². The highest BCUT2D eigenvalue weighted by Gasteiger charge is 2.38. The summed E-state index contributed by atoms with van der Waals surface area (Å²) in [6.07, 6.45) is -0.975. The summed E-state index contributed by atoms with van der Waals surface area (Å²) < 4.78 is 43.7. The van der Waals surface area contributed by atoms with Gasteiger partial charge in [0.25, 0.3) is 5.91 Å². The second-order valence-corrected chi connectivity index (χ2v) is 23.7. The number of carbonyl (C=O) groups is 11. The topological polar surface area (TPSA) is 433 Å². The van der Waals surface area contributed by atoms with Crippen LogP contribution in [0.25, 0.3) is 21.8 Å². The smallest absolute Gasteiger partial charge is 0.415 e. The van der Waals surface area contributed by atoms with Gasteiger partial charge < -0.3 is 105 Å². The van der Waals surface area contributed by atoms with Gasteiger partial charge >= 0.3 is 24.2 Å². The fraction of sp³-hybridized carbons (Fsp3) is 0.492. The number of urea groups is 1. The molecule has 5 aromatic rings. The number of nitrogens with one attached hydrogen (secondary N) is 7. The first kappa shape index (κ1) is 76.4. The lowest BCUT2D eigenvalue weighted by molar-refractivity contribution is -0.138. The zero-order chi connectivity index (χ0) is 71.9. The van der Waals surface area contributed by atoms with Crippen molar-refractivity contribution in [3.05, 3.63) is 71.0 Å². The number of aromatic amines is 2. The van der Waals surface area contributed by atoms with Gasteiger partial charge in [0.2, 0.25) is 41.2 Å². The highest BCUT2D eigenvalue weighted by atomic mass is 35.5. The average molecular weight is 1410 g/mol. The summed E-state index contributed by atoms with van der Waals surface area (Å²) in [5.74, 6) is -5.66. The largest absolute Gasteiger partial charge is 0.504 e. The van der Waals surface area contributed by atoms with Crippen molar-refractivity contribution in [3.63, 3.8) is 0 Å². The number of primary amides is 1. The lowest BCUT2D eigenvalue weighted by Gasteiger charge is -2.25. The number of H-pyrrole nitrogens is 2. The Bertz CT molecular complexity index is 3700. The SMILES string of the molecule is COC(=O)c1cc2c3c(cc(OC(=O)N(C)CCN(C)C(=O)OCc4ccc(NC(=O)[C@H](CCCNC(N)=O)NC(=O)[C@@H](NC(=O)CCOCCOCCOCCOCCNC(=O)CCN5C(=O)CCC5=O)C(C)C)cc4)c2[nH]1)N(C(=O)c1cc2cc(O)c(O)c(OC)c2[nH]1)C[C@H]3CCl. The maximum absolute atomic E-state index is 14.4. The molecule has 2 aliphatic heterocycles. The number of rotatable bonds is 38. The molecule has 11 amide bonds. The Hall–Kier alpha value is -9.96. The van der Waals surface area contributed by atoms with Gasteiger partial charge in [-0.05, 0) is 60.2 Å². The molecule has 11 N–H and O–H groups in total. The molecule has 34 heteroatoms. The number of imide groups is 1. The second-order valence-electron chi connectivity index (χ2n) is 23.4. The van der Waals surface area contributed by atoms with Crippen LogP contribution < -0.4 is 46.7 Å². The van der Waals surface area contributed by atoms with Crippen molar-refractivity contribution in [1.82, 2.24) is 45.9 Å². The molecule has 99 heavy (non-hydrogen) atoms. The molecule has 4 heterocycles. The number of nitrogens with two attached hydrogens (primary N) is 1. The van der Waals surface area contributed by atoms with Crippen molar-refractivity contribution in [2.24, 2.45) is 11.7 Å². The van der Waals surface area contributed by atoms with E-state index in [9.17, 15) is 63.0 Å². The van der Waals surface area contributed by atoms with Crippen LogP contribution in [-0.4, -0.2) is 239 Å². The third-order valence-electron chi connectivity index (χ3n) is 16.0. The summed E-state index contributed by atoms with van der Waals surface area (Å²) >= 11 is 6.51. The number of hydrogen-bond acceptors (Lipinski definition) is 21. The zero-order valence-electron chi connectivity index (χ0n) is 55.9. The second kappa shape index (κ2) is 37.1. The molecule has 0 bridgehead atoms. The molecule has 0 spiro atoms. The molecular weight excluding hydrogens is 1320 g/mol. The number of hydrogen-bond donors (Lipinski definition) is 10. The summed E-state index contributed by atoms with van der Waals surface area (Å²) in [5.41, 5.74) is 7.61. The van der Waals surface area contributed by atoms with Crippen molar-refractivity contribution in [2.45, 2.75) is 77.0 Å². The normalized spacial score (nSPS) is 14.0. The number of likely N-dealkylation sites (N-methyl/N-ethyl adjacent to an activating group) is 2. The van der Waals surface area contributed by atoms with Crippen LogP contribution in [-0.2, 0) is 63.8 Å².